The zero-order chi connectivity index (χ0) is 31.8. The predicted octanol–water partition coefficient (Wildman–Crippen LogP) is 5.40. The van der Waals surface area contributed by atoms with Gasteiger partial charge in [-0.05, 0) is 51.5 Å². The molecule has 0 saturated heterocycles. The summed E-state index contributed by atoms with van der Waals surface area (Å²) in [6, 6.07) is -0.613. The van der Waals surface area contributed by atoms with Crippen molar-refractivity contribution in [3.05, 3.63) is 12.2 Å². The monoisotopic (exact) mass is 611 g/mol. The molecule has 0 spiro atoms. The van der Waals surface area contributed by atoms with Crippen LogP contribution >= 0.6 is 0 Å². The first-order chi connectivity index (χ1) is 20.9. The summed E-state index contributed by atoms with van der Waals surface area (Å²) < 4.78 is 15.3. The second-order valence-electron chi connectivity index (χ2n) is 11.0. The summed E-state index contributed by atoms with van der Waals surface area (Å²) in [6.07, 6.45) is 23.1. The van der Waals surface area contributed by atoms with Crippen LogP contribution in [0.3, 0.4) is 0 Å². The number of nitrogens with one attached hydrogen (secondary N) is 1. The lowest BCUT2D eigenvalue weighted by Crippen LogP contribution is -2.41. The number of nitrogens with two attached hydrogens (primary N) is 2. The molecule has 0 aliphatic carbocycles. The van der Waals surface area contributed by atoms with Gasteiger partial charge in [0.25, 0.3) is 0 Å². The third-order valence-electron chi connectivity index (χ3n) is 6.96. The van der Waals surface area contributed by atoms with Gasteiger partial charge in [-0.25, -0.2) is 0 Å². The lowest BCUT2D eigenvalue weighted by Gasteiger charge is -2.12. The van der Waals surface area contributed by atoms with E-state index in [1.807, 2.05) is 0 Å². The van der Waals surface area contributed by atoms with E-state index >= 15 is 0 Å². The highest BCUT2D eigenvalue weighted by Gasteiger charge is 2.13. The molecule has 10 nitrogen and oxygen atoms in total. The molecule has 0 radical (unpaired) electrons. The van der Waals surface area contributed by atoms with E-state index in [1.54, 1.807) is 0 Å². The summed E-state index contributed by atoms with van der Waals surface area (Å²) in [5.74, 6) is -1.60. The fourth-order valence-corrected chi connectivity index (χ4v) is 4.30. The number of carbonyl (C=O) groups excluding carboxylic acids is 4. The first-order valence-corrected chi connectivity index (χ1v) is 16.8. The Balaban J connectivity index is 3.52. The predicted molar refractivity (Wildman–Crippen MR) is 170 cm³/mol. The van der Waals surface area contributed by atoms with Gasteiger partial charge in [-0.2, -0.15) is 0 Å². The summed E-state index contributed by atoms with van der Waals surface area (Å²) in [4.78, 5) is 47.3. The van der Waals surface area contributed by atoms with Crippen molar-refractivity contribution in [2.75, 3.05) is 32.9 Å². The van der Waals surface area contributed by atoms with Gasteiger partial charge in [0.1, 0.15) is 6.61 Å². The molecule has 1 atom stereocenters. The van der Waals surface area contributed by atoms with E-state index < -0.39 is 18.0 Å². The quantitative estimate of drug-likeness (QED) is 0.0418. The Kier molecular flexibility index (Phi) is 29.2. The molecular weight excluding hydrogens is 550 g/mol. The molecule has 0 bridgehead atoms. The Bertz CT molecular complexity index is 746. The van der Waals surface area contributed by atoms with Crippen LogP contribution < -0.4 is 16.8 Å². The van der Waals surface area contributed by atoms with E-state index in [9.17, 15) is 19.2 Å². The van der Waals surface area contributed by atoms with Gasteiger partial charge in [0.05, 0.1) is 38.6 Å². The van der Waals surface area contributed by atoms with Crippen molar-refractivity contribution in [3.8, 4) is 0 Å². The first kappa shape index (κ1) is 40.5. The summed E-state index contributed by atoms with van der Waals surface area (Å²) >= 11 is 0. The van der Waals surface area contributed by atoms with E-state index in [2.05, 4.69) is 24.4 Å². The maximum atomic E-state index is 11.9. The Morgan fingerprint density at radius 2 is 1.14 bits per heavy atom. The molecule has 0 aromatic rings. The molecule has 0 aromatic carbocycles. The molecule has 43 heavy (non-hydrogen) atoms. The van der Waals surface area contributed by atoms with Crippen molar-refractivity contribution < 1.29 is 33.4 Å². The van der Waals surface area contributed by atoms with Crippen LogP contribution in [0.2, 0.25) is 0 Å². The molecule has 0 aliphatic heterocycles. The molecule has 0 aromatic heterocycles. The molecule has 0 saturated carbocycles. The summed E-state index contributed by atoms with van der Waals surface area (Å²) in [5.41, 5.74) is 11.2. The van der Waals surface area contributed by atoms with Gasteiger partial charge in [0, 0.05) is 12.8 Å². The van der Waals surface area contributed by atoms with Crippen molar-refractivity contribution in [2.24, 2.45) is 11.5 Å². The lowest BCUT2D eigenvalue weighted by molar-refractivity contribution is -0.151. The second kappa shape index (κ2) is 31.0. The fourth-order valence-electron chi connectivity index (χ4n) is 4.30. The van der Waals surface area contributed by atoms with Crippen LogP contribution in [0.4, 0.5) is 0 Å². The summed E-state index contributed by atoms with van der Waals surface area (Å²) in [6.45, 7) is 3.27. The van der Waals surface area contributed by atoms with Crippen molar-refractivity contribution in [1.29, 1.82) is 0 Å². The number of hydrogen-bond donors (Lipinski definition) is 3. The number of rotatable bonds is 30. The second-order valence-corrected chi connectivity index (χ2v) is 11.0. The lowest BCUT2D eigenvalue weighted by atomic mass is 10.1. The Hall–Kier alpha value is -2.46. The number of carbonyl (C=O) groups is 4. The minimum atomic E-state index is -0.613. The first-order valence-electron chi connectivity index (χ1n) is 16.8. The standard InChI is InChI=1S/C33H61N3O7/c1-2-3-4-5-6-7-8-9-10-11-12-13-14-15-16-21-30(37)41-26-19-27-42-31(38)22-23-32(39)43-28-25-36-33(40)29(35)20-17-18-24-34/h9-10,29H,2-8,11-28,34-35H2,1H3,(H,36,40)/b10-9-. The minimum absolute atomic E-state index is 0.00247. The number of unbranched alkanes of at least 4 members (excludes halogenated alkanes) is 12. The third-order valence-corrected chi connectivity index (χ3v) is 6.96. The Labute approximate surface area is 260 Å². The number of ether oxygens (including phenoxy) is 3. The van der Waals surface area contributed by atoms with Crippen molar-refractivity contribution in [3.63, 3.8) is 0 Å². The average Bonchev–Trinajstić information content (AvgIpc) is 2.99. The van der Waals surface area contributed by atoms with Gasteiger partial charge >= 0.3 is 17.9 Å². The van der Waals surface area contributed by atoms with Gasteiger partial charge < -0.3 is 31.0 Å². The zero-order valence-corrected chi connectivity index (χ0v) is 26.9. The van der Waals surface area contributed by atoms with Gasteiger partial charge in [0.2, 0.25) is 5.91 Å². The van der Waals surface area contributed by atoms with Crippen LogP contribution in [0.5, 0.6) is 0 Å². The average molecular weight is 612 g/mol. The van der Waals surface area contributed by atoms with Gasteiger partial charge in [-0.3, -0.25) is 19.2 Å². The van der Waals surface area contributed by atoms with Crippen molar-refractivity contribution >= 4 is 23.8 Å². The highest BCUT2D eigenvalue weighted by Crippen LogP contribution is 2.10. The van der Waals surface area contributed by atoms with E-state index in [1.165, 1.54) is 57.8 Å². The van der Waals surface area contributed by atoms with Crippen LogP contribution in [0.1, 0.15) is 135 Å². The van der Waals surface area contributed by atoms with E-state index in [-0.39, 0.29) is 51.1 Å². The number of amides is 1. The third kappa shape index (κ3) is 29.4. The maximum absolute atomic E-state index is 11.9. The normalized spacial score (nSPS) is 11.8. The van der Waals surface area contributed by atoms with Crippen molar-refractivity contribution in [2.45, 2.75) is 141 Å². The molecule has 0 heterocycles. The van der Waals surface area contributed by atoms with E-state index in [4.69, 9.17) is 25.7 Å². The SMILES string of the molecule is CCCCCCCC/C=C\CCCCCCCC(=O)OCCCOC(=O)CCC(=O)OCCNC(=O)C(N)CCCCN. The van der Waals surface area contributed by atoms with Crippen molar-refractivity contribution in [1.82, 2.24) is 5.32 Å². The van der Waals surface area contributed by atoms with Gasteiger partial charge in [0.15, 0.2) is 0 Å². The molecule has 0 aliphatic rings. The van der Waals surface area contributed by atoms with Gasteiger partial charge in [-0.15, -0.1) is 0 Å². The zero-order valence-electron chi connectivity index (χ0n) is 26.9. The summed E-state index contributed by atoms with van der Waals surface area (Å²) in [5, 5.41) is 2.61. The fraction of sp³-hybridized carbons (Fsp3) is 0.818. The van der Waals surface area contributed by atoms with Crippen LogP contribution in [0.25, 0.3) is 0 Å². The molecule has 0 rings (SSSR count). The topological polar surface area (TPSA) is 160 Å². The minimum Gasteiger partial charge on any atom is -0.466 e. The largest absolute Gasteiger partial charge is 0.466 e. The Morgan fingerprint density at radius 3 is 1.72 bits per heavy atom. The van der Waals surface area contributed by atoms with E-state index in [0.29, 0.717) is 25.8 Å². The molecule has 250 valence electrons. The molecule has 1 amide bonds. The number of allylic oxidation sites excluding steroid dienone is 2. The van der Waals surface area contributed by atoms with Gasteiger partial charge in [-0.1, -0.05) is 76.9 Å². The molecule has 5 N–H and O–H groups in total. The van der Waals surface area contributed by atoms with Crippen LogP contribution in [0.15, 0.2) is 12.2 Å². The molecular formula is C33H61N3O7. The number of hydrogen-bond acceptors (Lipinski definition) is 9. The highest BCUT2D eigenvalue weighted by molar-refractivity contribution is 5.81. The van der Waals surface area contributed by atoms with Crippen LogP contribution in [-0.4, -0.2) is 62.8 Å². The highest BCUT2D eigenvalue weighted by atomic mass is 16.5. The maximum Gasteiger partial charge on any atom is 0.306 e. The summed E-state index contributed by atoms with van der Waals surface area (Å²) in [7, 11) is 0. The number of esters is 3. The Morgan fingerprint density at radius 1 is 0.628 bits per heavy atom. The molecule has 1 unspecified atom stereocenters. The molecule has 0 fully saturated rings. The van der Waals surface area contributed by atoms with Crippen LogP contribution in [-0.2, 0) is 33.4 Å². The van der Waals surface area contributed by atoms with E-state index in [0.717, 1.165) is 38.5 Å². The molecule has 10 heteroatoms. The smallest absolute Gasteiger partial charge is 0.306 e. The van der Waals surface area contributed by atoms with Crippen LogP contribution in [0, 0.1) is 0 Å².